The smallest absolute Gasteiger partial charge is 0.327 e. The summed E-state index contributed by atoms with van der Waals surface area (Å²) in [5, 5.41) is 65.9. The van der Waals surface area contributed by atoms with Gasteiger partial charge in [0.05, 0.1) is 31.8 Å². The van der Waals surface area contributed by atoms with Crippen LogP contribution in [0.15, 0.2) is 68.3 Å². The molecule has 35 heavy (non-hydrogen) atoms. The largest absolute Gasteiger partial charge is 0.478 e. The van der Waals surface area contributed by atoms with Crippen LogP contribution < -0.4 is 0 Å². The van der Waals surface area contributed by atoms with Crippen molar-refractivity contribution in [3.8, 4) is 0 Å². The molecule has 0 aliphatic carbocycles. The van der Waals surface area contributed by atoms with Crippen LogP contribution in [0.25, 0.3) is 0 Å². The number of carboxylic acids is 3. The first-order valence-electron chi connectivity index (χ1n) is 9.23. The van der Waals surface area contributed by atoms with Crippen LogP contribution in [-0.4, -0.2) is 90.1 Å². The summed E-state index contributed by atoms with van der Waals surface area (Å²) >= 11 is 0. The van der Waals surface area contributed by atoms with Crippen LogP contribution in [0.2, 0.25) is 0 Å². The molecule has 0 bridgehead atoms. The van der Waals surface area contributed by atoms with Crippen molar-refractivity contribution in [2.24, 2.45) is 5.41 Å². The van der Waals surface area contributed by atoms with Gasteiger partial charge in [0.15, 0.2) is 5.85 Å². The van der Waals surface area contributed by atoms with Gasteiger partial charge in [-0.3, -0.25) is 4.57 Å². The Morgan fingerprint density at radius 1 is 0.771 bits per heavy atom. The van der Waals surface area contributed by atoms with E-state index < -0.39 is 63.6 Å². The van der Waals surface area contributed by atoms with E-state index in [1.165, 1.54) is 0 Å². The lowest BCUT2D eigenvalue weighted by Crippen LogP contribution is -2.37. The molecule has 0 spiro atoms. The summed E-state index contributed by atoms with van der Waals surface area (Å²) in [5.41, 5.74) is -0.626. The standard InChI is InChI=1S/C7H9O3P.C5H12O4.3C3H4O2/c8-7(11(9)10)6-4-2-1-3-5-6;6-1-5(2-7,3-8)4-9;3*1-2-3(4)5/h1-5,7-8,11H,(H,9,10);6-9H,1-4H2;3*2H,1H2,(H,4,5). The average Bonchev–Trinajstić information content (AvgIpc) is 2.87. The number of hydrogen-bond acceptors (Lipinski definition) is 9. The molecule has 0 radical (unpaired) electrons. The number of benzene rings is 1. The van der Waals surface area contributed by atoms with Crippen molar-refractivity contribution in [2.45, 2.75) is 5.85 Å². The van der Waals surface area contributed by atoms with Crippen molar-refractivity contribution in [1.29, 1.82) is 0 Å². The van der Waals surface area contributed by atoms with Gasteiger partial charge in [-0.1, -0.05) is 50.1 Å². The summed E-state index contributed by atoms with van der Waals surface area (Å²) in [7, 11) is -2.86. The third kappa shape index (κ3) is 27.0. The highest BCUT2D eigenvalue weighted by atomic mass is 31.1. The lowest BCUT2D eigenvalue weighted by molar-refractivity contribution is -0.132. The van der Waals surface area contributed by atoms with Gasteiger partial charge in [0.2, 0.25) is 8.03 Å². The van der Waals surface area contributed by atoms with E-state index in [2.05, 4.69) is 19.7 Å². The quantitative estimate of drug-likeness (QED) is 0.151. The van der Waals surface area contributed by atoms with Gasteiger partial charge in [-0.25, -0.2) is 14.4 Å². The summed E-state index contributed by atoms with van der Waals surface area (Å²) in [4.78, 5) is 36.3. The number of aliphatic hydroxyl groups is 5. The number of carboxylic acid groups (broad SMARTS) is 3. The highest BCUT2D eigenvalue weighted by Crippen LogP contribution is 2.34. The third-order valence-electron chi connectivity index (χ3n) is 3.21. The fourth-order valence-electron chi connectivity index (χ4n) is 1.08. The molecule has 9 N–H and O–H groups in total. The van der Waals surface area contributed by atoms with Crippen molar-refractivity contribution < 1.29 is 64.7 Å². The Labute approximate surface area is 202 Å². The maximum Gasteiger partial charge on any atom is 0.327 e. The maximum atomic E-state index is 10.4. The summed E-state index contributed by atoms with van der Waals surface area (Å²) in [6.07, 6.45) is 2.50. The van der Waals surface area contributed by atoms with Crippen LogP contribution in [0, 0.1) is 5.41 Å². The molecule has 0 fully saturated rings. The van der Waals surface area contributed by atoms with E-state index in [4.69, 9.17) is 45.7 Å². The van der Waals surface area contributed by atoms with E-state index in [-0.39, 0.29) is 0 Å². The molecule has 0 saturated heterocycles. The molecule has 0 amide bonds. The normalized spacial score (nSPS) is 10.8. The van der Waals surface area contributed by atoms with E-state index in [0.717, 1.165) is 18.2 Å². The number of aliphatic carboxylic acids is 3. The monoisotopic (exact) mass is 524 g/mol. The van der Waals surface area contributed by atoms with Gasteiger partial charge in [-0.15, -0.1) is 0 Å². The molecule has 2 unspecified atom stereocenters. The molecule has 0 aromatic heterocycles. The second-order valence-electron chi connectivity index (χ2n) is 5.91. The topological polar surface area (TPSA) is 250 Å². The molecule has 200 valence electrons. The molecule has 2 atom stereocenters. The van der Waals surface area contributed by atoms with Gasteiger partial charge in [-0.2, -0.15) is 0 Å². The van der Waals surface area contributed by atoms with Crippen molar-refractivity contribution >= 4 is 25.9 Å². The van der Waals surface area contributed by atoms with Crippen LogP contribution in [0.5, 0.6) is 0 Å². The van der Waals surface area contributed by atoms with Crippen molar-refractivity contribution in [1.82, 2.24) is 0 Å². The molecule has 13 nitrogen and oxygen atoms in total. The summed E-state index contributed by atoms with van der Waals surface area (Å²) in [5.74, 6) is -4.17. The fourth-order valence-corrected chi connectivity index (χ4v) is 1.56. The zero-order chi connectivity index (χ0) is 28.4. The Balaban J connectivity index is -0.000000181. The van der Waals surface area contributed by atoms with Crippen LogP contribution >= 0.6 is 8.03 Å². The number of carbonyl (C=O) groups is 3. The van der Waals surface area contributed by atoms with E-state index >= 15 is 0 Å². The zero-order valence-electron chi connectivity index (χ0n) is 18.8. The van der Waals surface area contributed by atoms with Crippen LogP contribution in [0.4, 0.5) is 0 Å². The van der Waals surface area contributed by atoms with Gasteiger partial charge in [0.25, 0.3) is 0 Å². The minimum Gasteiger partial charge on any atom is -0.478 e. The lowest BCUT2D eigenvalue weighted by atomic mass is 9.93. The van der Waals surface area contributed by atoms with Gasteiger partial charge in [0.1, 0.15) is 0 Å². The van der Waals surface area contributed by atoms with Crippen LogP contribution in [-0.2, 0) is 18.9 Å². The zero-order valence-corrected chi connectivity index (χ0v) is 19.8. The highest BCUT2D eigenvalue weighted by molar-refractivity contribution is 7.38. The van der Waals surface area contributed by atoms with Crippen LogP contribution in [0.1, 0.15) is 11.4 Å². The molecular weight excluding hydrogens is 491 g/mol. The molecule has 14 heteroatoms. The average molecular weight is 524 g/mol. The molecule has 1 rings (SSSR count). The number of rotatable bonds is 9. The molecule has 1 aromatic rings. The number of hydrogen-bond donors (Lipinski definition) is 9. The van der Waals surface area contributed by atoms with Gasteiger partial charge in [-0.05, 0) is 5.56 Å². The molecule has 0 aliphatic heterocycles. The SMILES string of the molecule is C=CC(=O)O.C=CC(=O)O.C=CC(=O)O.O=[PH](O)C(O)c1ccccc1.OCC(CO)(CO)CO. The van der Waals surface area contributed by atoms with E-state index in [0.29, 0.717) is 5.56 Å². The van der Waals surface area contributed by atoms with E-state index in [1.54, 1.807) is 30.3 Å². The fraction of sp³-hybridized carbons (Fsp3) is 0.286. The second-order valence-corrected chi connectivity index (χ2v) is 7.13. The first-order chi connectivity index (χ1) is 16.3. The first kappa shape index (κ1) is 39.1. The Morgan fingerprint density at radius 2 is 1.03 bits per heavy atom. The van der Waals surface area contributed by atoms with Gasteiger partial charge >= 0.3 is 17.9 Å². The van der Waals surface area contributed by atoms with Crippen molar-refractivity contribution in [2.75, 3.05) is 26.4 Å². The Hall–Kier alpha value is -3.16. The Kier molecular flexibility index (Phi) is 28.4. The van der Waals surface area contributed by atoms with Gasteiger partial charge < -0.3 is 45.7 Å². The van der Waals surface area contributed by atoms with Crippen molar-refractivity contribution in [3.63, 3.8) is 0 Å². The minimum atomic E-state index is -2.86. The highest BCUT2D eigenvalue weighted by Gasteiger charge is 2.26. The summed E-state index contributed by atoms with van der Waals surface area (Å²) < 4.78 is 10.4. The molecular formula is C21H33O13P. The third-order valence-corrected chi connectivity index (χ3v) is 4.02. The summed E-state index contributed by atoms with van der Waals surface area (Å²) in [6, 6.07) is 8.43. The molecule has 0 aliphatic rings. The Morgan fingerprint density at radius 3 is 1.17 bits per heavy atom. The lowest BCUT2D eigenvalue weighted by Gasteiger charge is -2.23. The predicted octanol–water partition coefficient (Wildman–Crippen LogP) is -0.143. The summed E-state index contributed by atoms with van der Waals surface area (Å²) in [6.45, 7) is 7.26. The second kappa shape index (κ2) is 25.5. The van der Waals surface area contributed by atoms with Crippen LogP contribution in [0.3, 0.4) is 0 Å². The first-order valence-corrected chi connectivity index (χ1v) is 10.7. The minimum absolute atomic E-state index is 0.406. The maximum absolute atomic E-state index is 10.4. The van der Waals surface area contributed by atoms with E-state index in [1.807, 2.05) is 0 Å². The predicted molar refractivity (Wildman–Crippen MR) is 127 cm³/mol. The number of aliphatic hydroxyl groups excluding tert-OH is 5. The molecule has 1 aromatic carbocycles. The van der Waals surface area contributed by atoms with E-state index in [9.17, 15) is 18.9 Å². The Bertz CT molecular complexity index is 701. The molecule has 0 heterocycles. The molecule has 0 saturated carbocycles. The van der Waals surface area contributed by atoms with Crippen molar-refractivity contribution in [3.05, 3.63) is 73.9 Å². The van der Waals surface area contributed by atoms with Gasteiger partial charge in [0, 0.05) is 18.2 Å².